The minimum atomic E-state index is 0. The maximum absolute atomic E-state index is 4.06. The zero-order chi connectivity index (χ0) is 8.48. The first-order valence-corrected chi connectivity index (χ1v) is 3.93. The van der Waals surface area contributed by atoms with Crippen LogP contribution in [0.4, 0.5) is 0 Å². The molecule has 0 radical (unpaired) electrons. The molecule has 0 bridgehead atoms. The van der Waals surface area contributed by atoms with Crippen molar-refractivity contribution in [2.45, 2.75) is 40.5 Å². The quantitative estimate of drug-likeness (QED) is 0.574. The van der Waals surface area contributed by atoms with Crippen molar-refractivity contribution in [3.8, 4) is 0 Å². The van der Waals surface area contributed by atoms with E-state index in [2.05, 4.69) is 38.7 Å². The van der Waals surface area contributed by atoms with E-state index in [0.29, 0.717) is 0 Å². The molecule has 1 aromatic rings. The summed E-state index contributed by atoms with van der Waals surface area (Å²) >= 11 is 0. The third-order valence-electron chi connectivity index (χ3n) is 1.83. The monoisotopic (exact) mass is 165 g/mol. The van der Waals surface area contributed by atoms with Crippen LogP contribution in [0.3, 0.4) is 0 Å². The molecule has 0 aliphatic heterocycles. The summed E-state index contributed by atoms with van der Waals surface area (Å²) in [6, 6.07) is 2.09. The topological polar surface area (TPSA) is 12.9 Å². The first-order chi connectivity index (χ1) is 5.02. The molecule has 0 unspecified atom stereocenters. The van der Waals surface area contributed by atoms with Crippen molar-refractivity contribution in [3.63, 3.8) is 0 Å². The molecular formula is C11H19N. The predicted octanol–water partition coefficient (Wildman–Crippen LogP) is 3.32. The molecule has 1 aromatic heterocycles. The maximum Gasteiger partial charge on any atom is 0.0299 e. The van der Waals surface area contributed by atoms with E-state index in [0.717, 1.165) is 0 Å². The molecule has 0 aliphatic carbocycles. The number of nitrogens with zero attached hydrogens (tertiary/aromatic N) is 1. The minimum Gasteiger partial charge on any atom is -0.264 e. The van der Waals surface area contributed by atoms with E-state index in [1.54, 1.807) is 0 Å². The Morgan fingerprint density at radius 2 is 1.83 bits per heavy atom. The lowest BCUT2D eigenvalue weighted by Crippen LogP contribution is -2.12. The zero-order valence-electron chi connectivity index (χ0n) is 7.68. The van der Waals surface area contributed by atoms with Gasteiger partial charge in [0.25, 0.3) is 0 Å². The molecule has 0 saturated heterocycles. The van der Waals surface area contributed by atoms with Gasteiger partial charge in [0.15, 0.2) is 0 Å². The Morgan fingerprint density at radius 1 is 1.25 bits per heavy atom. The Bertz CT molecular complexity index is 245. The van der Waals surface area contributed by atoms with Crippen LogP contribution in [-0.4, -0.2) is 4.98 Å². The second-order valence-corrected chi connectivity index (χ2v) is 3.94. The average molecular weight is 165 g/mol. The molecule has 0 atom stereocenters. The van der Waals surface area contributed by atoms with E-state index in [9.17, 15) is 0 Å². The van der Waals surface area contributed by atoms with E-state index in [1.165, 1.54) is 11.1 Å². The van der Waals surface area contributed by atoms with Gasteiger partial charge in [-0.1, -0.05) is 28.2 Å². The summed E-state index contributed by atoms with van der Waals surface area (Å²) in [5.74, 6) is 0. The first-order valence-electron chi connectivity index (χ1n) is 3.93. The third-order valence-corrected chi connectivity index (χ3v) is 1.83. The molecule has 12 heavy (non-hydrogen) atoms. The molecule has 0 saturated carbocycles. The fraction of sp³-hybridized carbons (Fsp3) is 0.545. The van der Waals surface area contributed by atoms with Crippen molar-refractivity contribution in [2.75, 3.05) is 0 Å². The molecule has 1 nitrogen and oxygen atoms in total. The summed E-state index contributed by atoms with van der Waals surface area (Å²) in [4.78, 5) is 4.06. The number of rotatable bonds is 0. The Balaban J connectivity index is 0.00000121. The third kappa shape index (κ3) is 2.33. The smallest absolute Gasteiger partial charge is 0.0299 e. The van der Waals surface area contributed by atoms with Gasteiger partial charge < -0.3 is 0 Å². The molecule has 0 spiro atoms. The van der Waals surface area contributed by atoms with Crippen molar-refractivity contribution < 1.29 is 0 Å². The summed E-state index contributed by atoms with van der Waals surface area (Å²) in [5, 5.41) is 0. The van der Waals surface area contributed by atoms with Gasteiger partial charge in [-0.2, -0.15) is 0 Å². The van der Waals surface area contributed by atoms with Crippen LogP contribution in [0.1, 0.15) is 39.3 Å². The van der Waals surface area contributed by atoms with Gasteiger partial charge in [0.2, 0.25) is 0 Å². The zero-order valence-corrected chi connectivity index (χ0v) is 7.68. The predicted molar refractivity (Wildman–Crippen MR) is 54.4 cm³/mol. The van der Waals surface area contributed by atoms with Crippen molar-refractivity contribution in [2.24, 2.45) is 0 Å². The number of hydrogen-bond donors (Lipinski definition) is 0. The number of aromatic nitrogens is 1. The first kappa shape index (κ1) is 11.2. The molecule has 0 N–H and O–H groups in total. The highest BCUT2D eigenvalue weighted by atomic mass is 14.6. The lowest BCUT2D eigenvalue weighted by Gasteiger charge is -2.20. The van der Waals surface area contributed by atoms with Gasteiger partial charge in [0.1, 0.15) is 0 Å². The maximum atomic E-state index is 4.06. The molecule has 1 heterocycles. The molecule has 0 fully saturated rings. The van der Waals surface area contributed by atoms with Crippen LogP contribution in [0.15, 0.2) is 18.5 Å². The van der Waals surface area contributed by atoms with Crippen LogP contribution in [-0.2, 0) is 5.41 Å². The fourth-order valence-electron chi connectivity index (χ4n) is 1.31. The van der Waals surface area contributed by atoms with Gasteiger partial charge in [-0.05, 0) is 29.5 Å². The largest absolute Gasteiger partial charge is 0.264 e. The van der Waals surface area contributed by atoms with E-state index in [-0.39, 0.29) is 12.8 Å². The number of hydrogen-bond acceptors (Lipinski definition) is 1. The molecule has 68 valence electrons. The van der Waals surface area contributed by atoms with E-state index < -0.39 is 0 Å². The van der Waals surface area contributed by atoms with Crippen molar-refractivity contribution in [1.82, 2.24) is 4.98 Å². The van der Waals surface area contributed by atoms with Crippen LogP contribution in [0.5, 0.6) is 0 Å². The van der Waals surface area contributed by atoms with Gasteiger partial charge in [-0.25, -0.2) is 0 Å². The second-order valence-electron chi connectivity index (χ2n) is 3.94. The number of aryl methyl sites for hydroxylation is 1. The fourth-order valence-corrected chi connectivity index (χ4v) is 1.31. The van der Waals surface area contributed by atoms with Crippen LogP contribution in [0.25, 0.3) is 0 Å². The Kier molecular flexibility index (Phi) is 3.44. The van der Waals surface area contributed by atoms with Crippen molar-refractivity contribution in [3.05, 3.63) is 29.6 Å². The van der Waals surface area contributed by atoms with E-state index in [1.807, 2.05) is 12.4 Å². The molecule has 0 aliphatic rings. The summed E-state index contributed by atoms with van der Waals surface area (Å²) in [7, 11) is 0. The molecule has 1 rings (SSSR count). The highest BCUT2D eigenvalue weighted by Crippen LogP contribution is 2.23. The van der Waals surface area contributed by atoms with Crippen molar-refractivity contribution in [1.29, 1.82) is 0 Å². The highest BCUT2D eigenvalue weighted by Gasteiger charge is 2.14. The summed E-state index contributed by atoms with van der Waals surface area (Å²) < 4.78 is 0. The van der Waals surface area contributed by atoms with Crippen LogP contribution in [0.2, 0.25) is 0 Å². The Morgan fingerprint density at radius 3 is 2.17 bits per heavy atom. The SMILES string of the molecule is C.Cc1cnccc1C(C)(C)C. The number of pyridine rings is 1. The summed E-state index contributed by atoms with van der Waals surface area (Å²) in [6.07, 6.45) is 3.77. The highest BCUT2D eigenvalue weighted by molar-refractivity contribution is 5.28. The van der Waals surface area contributed by atoms with Crippen LogP contribution in [0, 0.1) is 6.92 Å². The Hall–Kier alpha value is -0.850. The van der Waals surface area contributed by atoms with E-state index >= 15 is 0 Å². The average Bonchev–Trinajstić information content (AvgIpc) is 1.86. The minimum absolute atomic E-state index is 0. The van der Waals surface area contributed by atoms with Gasteiger partial charge >= 0.3 is 0 Å². The van der Waals surface area contributed by atoms with E-state index in [4.69, 9.17) is 0 Å². The Labute approximate surface area is 75.8 Å². The molecule has 0 amide bonds. The van der Waals surface area contributed by atoms with Gasteiger partial charge in [-0.15, -0.1) is 0 Å². The van der Waals surface area contributed by atoms with Gasteiger partial charge in [0.05, 0.1) is 0 Å². The normalized spacial score (nSPS) is 10.7. The lowest BCUT2D eigenvalue weighted by atomic mass is 9.85. The molecule has 0 aromatic carbocycles. The molecule has 1 heteroatoms. The lowest BCUT2D eigenvalue weighted by molar-refractivity contribution is 0.585. The van der Waals surface area contributed by atoms with Crippen LogP contribution >= 0.6 is 0 Å². The summed E-state index contributed by atoms with van der Waals surface area (Å²) in [5.41, 5.74) is 2.90. The van der Waals surface area contributed by atoms with Crippen molar-refractivity contribution >= 4 is 0 Å². The van der Waals surface area contributed by atoms with Gasteiger partial charge in [-0.3, -0.25) is 4.98 Å². The summed E-state index contributed by atoms with van der Waals surface area (Å²) in [6.45, 7) is 8.76. The van der Waals surface area contributed by atoms with Gasteiger partial charge in [0, 0.05) is 12.4 Å². The van der Waals surface area contributed by atoms with Crippen LogP contribution < -0.4 is 0 Å². The second kappa shape index (κ2) is 3.70. The standard InChI is InChI=1S/C10H15N.CH4/c1-8-7-11-6-5-9(8)10(2,3)4;/h5-7H,1-4H3;1H4. The molecular weight excluding hydrogens is 146 g/mol.